The van der Waals surface area contributed by atoms with Gasteiger partial charge in [0.15, 0.2) is 23.0 Å². The van der Waals surface area contributed by atoms with Gasteiger partial charge < -0.3 is 19.6 Å². The topological polar surface area (TPSA) is 99.9 Å². The third-order valence-corrected chi connectivity index (χ3v) is 4.49. The molecule has 0 radical (unpaired) electrons. The molecular formula is C21H21N5O4. The highest BCUT2D eigenvalue weighted by Gasteiger charge is 2.19. The Morgan fingerprint density at radius 1 is 1.30 bits per heavy atom. The molecule has 0 saturated heterocycles. The van der Waals surface area contributed by atoms with Gasteiger partial charge in [0.1, 0.15) is 0 Å². The van der Waals surface area contributed by atoms with Gasteiger partial charge in [-0.25, -0.2) is 9.67 Å². The lowest BCUT2D eigenvalue weighted by Crippen LogP contribution is -2.15. The molecular weight excluding hydrogens is 386 g/mol. The van der Waals surface area contributed by atoms with Gasteiger partial charge in [0.25, 0.3) is 5.91 Å². The van der Waals surface area contributed by atoms with E-state index in [0.29, 0.717) is 40.8 Å². The summed E-state index contributed by atoms with van der Waals surface area (Å²) in [7, 11) is 0. The van der Waals surface area contributed by atoms with Crippen molar-refractivity contribution in [3.05, 3.63) is 42.8 Å². The Balaban J connectivity index is 1.75. The number of pyridine rings is 1. The summed E-state index contributed by atoms with van der Waals surface area (Å²) in [5, 5.41) is 11.2. The molecule has 9 nitrogen and oxygen atoms in total. The van der Waals surface area contributed by atoms with E-state index in [9.17, 15) is 4.79 Å². The first-order valence-electron chi connectivity index (χ1n) is 9.36. The summed E-state index contributed by atoms with van der Waals surface area (Å²) < 4.78 is 12.6. The smallest absolute Gasteiger partial charge is 0.294 e. The van der Waals surface area contributed by atoms with Gasteiger partial charge in [-0.05, 0) is 36.3 Å². The van der Waals surface area contributed by atoms with Crippen molar-refractivity contribution >= 4 is 29.5 Å². The van der Waals surface area contributed by atoms with Crippen molar-refractivity contribution in [1.29, 1.82) is 0 Å². The van der Waals surface area contributed by atoms with E-state index in [2.05, 4.69) is 47.7 Å². The summed E-state index contributed by atoms with van der Waals surface area (Å²) in [6.45, 7) is 11.7. The molecule has 0 saturated carbocycles. The number of oxime groups is 1. The lowest BCUT2D eigenvalue weighted by Gasteiger charge is -2.06. The van der Waals surface area contributed by atoms with Crippen molar-refractivity contribution < 1.29 is 19.1 Å². The fourth-order valence-electron chi connectivity index (χ4n) is 3.16. The van der Waals surface area contributed by atoms with Crippen LogP contribution in [0.1, 0.15) is 13.8 Å². The van der Waals surface area contributed by atoms with Crippen LogP contribution in [-0.2, 0) is 16.2 Å². The number of hydrogen-bond donors (Lipinski definition) is 1. The molecule has 0 aliphatic carbocycles. The molecule has 9 heteroatoms. The lowest BCUT2D eigenvalue weighted by atomic mass is 10.1. The molecule has 30 heavy (non-hydrogen) atoms. The monoisotopic (exact) mass is 407 g/mol. The number of carbonyl (C=O) groups is 1. The molecule has 1 aliphatic heterocycles. The standard InChI is InChI=1S/C21H21N5O4/c1-12(2)10-26-20-16(19(25-26)24-21(27)13(3)30-22-4)7-15(9-23-20)14-5-6-17-18(8-14)29-11-28-17/h5-9,12H,3-4,10-11H2,1-2H3,(H,24,25,27). The van der Waals surface area contributed by atoms with E-state index in [-0.39, 0.29) is 12.6 Å². The fraction of sp³-hybridized carbons (Fsp3) is 0.238. The van der Waals surface area contributed by atoms with Crippen LogP contribution in [0.4, 0.5) is 5.82 Å². The average molecular weight is 407 g/mol. The molecule has 1 aliphatic rings. The number of aromatic nitrogens is 3. The van der Waals surface area contributed by atoms with Crippen LogP contribution in [0, 0.1) is 5.92 Å². The van der Waals surface area contributed by atoms with Crippen LogP contribution in [0.25, 0.3) is 22.2 Å². The lowest BCUT2D eigenvalue weighted by molar-refractivity contribution is -0.116. The van der Waals surface area contributed by atoms with Crippen molar-refractivity contribution in [3.8, 4) is 22.6 Å². The number of carbonyl (C=O) groups excluding carboxylic acids is 1. The summed E-state index contributed by atoms with van der Waals surface area (Å²) in [5.41, 5.74) is 2.42. The summed E-state index contributed by atoms with van der Waals surface area (Å²) in [6, 6.07) is 7.61. The normalized spacial score (nSPS) is 12.2. The van der Waals surface area contributed by atoms with Crippen LogP contribution < -0.4 is 14.8 Å². The molecule has 154 valence electrons. The summed E-state index contributed by atoms with van der Waals surface area (Å²) in [4.78, 5) is 21.7. The van der Waals surface area contributed by atoms with Crippen molar-refractivity contribution in [3.63, 3.8) is 0 Å². The van der Waals surface area contributed by atoms with Gasteiger partial charge in [-0.2, -0.15) is 5.10 Å². The number of anilines is 1. The predicted octanol–water partition coefficient (Wildman–Crippen LogP) is 3.57. The van der Waals surface area contributed by atoms with Crippen molar-refractivity contribution in [2.24, 2.45) is 11.1 Å². The Morgan fingerprint density at radius 2 is 2.10 bits per heavy atom. The highest BCUT2D eigenvalue weighted by Crippen LogP contribution is 2.37. The van der Waals surface area contributed by atoms with Crippen LogP contribution in [0.3, 0.4) is 0 Å². The van der Waals surface area contributed by atoms with Crippen molar-refractivity contribution in [2.75, 3.05) is 12.1 Å². The molecule has 1 aromatic carbocycles. The largest absolute Gasteiger partial charge is 0.454 e. The van der Waals surface area contributed by atoms with Gasteiger partial charge in [-0.1, -0.05) is 25.1 Å². The average Bonchev–Trinajstić information content (AvgIpc) is 3.32. The number of nitrogens with one attached hydrogen (secondary N) is 1. The van der Waals surface area contributed by atoms with Crippen LogP contribution in [0.15, 0.2) is 48.0 Å². The fourth-order valence-corrected chi connectivity index (χ4v) is 3.16. The number of rotatable bonds is 7. The number of amides is 1. The number of nitrogens with zero attached hydrogens (tertiary/aromatic N) is 4. The summed E-state index contributed by atoms with van der Waals surface area (Å²) >= 11 is 0. The SMILES string of the molecule is C=NOC(=C)C(=O)Nc1nn(CC(C)C)c2ncc(-c3ccc4c(c3)OCO4)cc12. The zero-order chi connectivity index (χ0) is 21.3. The Morgan fingerprint density at radius 3 is 2.87 bits per heavy atom. The van der Waals surface area contributed by atoms with E-state index in [1.807, 2.05) is 24.3 Å². The summed E-state index contributed by atoms with van der Waals surface area (Å²) in [6.07, 6.45) is 1.77. The maximum absolute atomic E-state index is 12.3. The number of benzene rings is 1. The van der Waals surface area contributed by atoms with Crippen LogP contribution >= 0.6 is 0 Å². The maximum atomic E-state index is 12.3. The van der Waals surface area contributed by atoms with Gasteiger partial charge in [-0.3, -0.25) is 4.79 Å². The second-order valence-corrected chi connectivity index (χ2v) is 7.19. The third-order valence-electron chi connectivity index (χ3n) is 4.49. The van der Waals surface area contributed by atoms with E-state index in [1.54, 1.807) is 10.9 Å². The van der Waals surface area contributed by atoms with E-state index in [4.69, 9.17) is 14.3 Å². The van der Waals surface area contributed by atoms with Crippen LogP contribution in [-0.4, -0.2) is 34.2 Å². The van der Waals surface area contributed by atoms with E-state index in [0.717, 1.165) is 11.1 Å². The number of fused-ring (bicyclic) bond motifs is 2. The van der Waals surface area contributed by atoms with E-state index in [1.165, 1.54) is 0 Å². The first-order valence-corrected chi connectivity index (χ1v) is 9.36. The predicted molar refractivity (Wildman–Crippen MR) is 112 cm³/mol. The van der Waals surface area contributed by atoms with Crippen molar-refractivity contribution in [1.82, 2.24) is 14.8 Å². The van der Waals surface area contributed by atoms with E-state index >= 15 is 0 Å². The Labute approximate surface area is 172 Å². The van der Waals surface area contributed by atoms with Gasteiger partial charge >= 0.3 is 0 Å². The van der Waals surface area contributed by atoms with Gasteiger partial charge in [0.2, 0.25) is 12.6 Å². The molecule has 0 fully saturated rings. The molecule has 0 unspecified atom stereocenters. The number of hydrogen-bond acceptors (Lipinski definition) is 7. The molecule has 0 spiro atoms. The molecule has 0 atom stereocenters. The number of ether oxygens (including phenoxy) is 2. The van der Waals surface area contributed by atoms with Crippen molar-refractivity contribution in [2.45, 2.75) is 20.4 Å². The molecule has 0 bridgehead atoms. The zero-order valence-corrected chi connectivity index (χ0v) is 16.7. The second-order valence-electron chi connectivity index (χ2n) is 7.19. The van der Waals surface area contributed by atoms with E-state index < -0.39 is 5.91 Å². The Bertz CT molecular complexity index is 1150. The first kappa shape index (κ1) is 19.4. The molecule has 1 N–H and O–H groups in total. The van der Waals surface area contributed by atoms with Gasteiger partial charge in [0, 0.05) is 25.0 Å². The minimum Gasteiger partial charge on any atom is -0.454 e. The molecule has 1 amide bonds. The zero-order valence-electron chi connectivity index (χ0n) is 16.7. The molecule has 3 aromatic rings. The first-order chi connectivity index (χ1) is 14.5. The quantitative estimate of drug-likeness (QED) is 0.278. The summed E-state index contributed by atoms with van der Waals surface area (Å²) in [5.74, 6) is 1.35. The minimum atomic E-state index is -0.563. The van der Waals surface area contributed by atoms with Crippen LogP contribution in [0.5, 0.6) is 11.5 Å². The molecule has 2 aromatic heterocycles. The maximum Gasteiger partial charge on any atom is 0.294 e. The van der Waals surface area contributed by atoms with Gasteiger partial charge in [0.05, 0.1) is 5.39 Å². The Hall–Kier alpha value is -3.88. The highest BCUT2D eigenvalue weighted by molar-refractivity contribution is 6.06. The second kappa shape index (κ2) is 7.86. The molecule has 3 heterocycles. The van der Waals surface area contributed by atoms with Crippen LogP contribution in [0.2, 0.25) is 0 Å². The Kier molecular flexibility index (Phi) is 5.09. The molecule has 4 rings (SSSR count). The van der Waals surface area contributed by atoms with Gasteiger partial charge in [-0.15, -0.1) is 0 Å². The minimum absolute atomic E-state index is 0.184. The highest BCUT2D eigenvalue weighted by atomic mass is 16.7. The third kappa shape index (κ3) is 3.69.